The summed E-state index contributed by atoms with van der Waals surface area (Å²) in [5.41, 5.74) is 0.340. The number of rotatable bonds is 2. The molecule has 2 heteroatoms. The van der Waals surface area contributed by atoms with Gasteiger partial charge in [-0.2, -0.15) is 0 Å². The summed E-state index contributed by atoms with van der Waals surface area (Å²) in [6.45, 7) is 2.46. The third-order valence-corrected chi connectivity index (χ3v) is 4.85. The molecule has 3 aliphatic rings. The highest BCUT2D eigenvalue weighted by Crippen LogP contribution is 2.44. The normalized spacial score (nSPS) is 38.2. The van der Waals surface area contributed by atoms with Crippen LogP contribution < -0.4 is 5.32 Å². The van der Waals surface area contributed by atoms with Crippen LogP contribution in [-0.4, -0.2) is 24.8 Å². The van der Waals surface area contributed by atoms with Crippen LogP contribution in [0.15, 0.2) is 0 Å². The van der Waals surface area contributed by atoms with E-state index in [-0.39, 0.29) is 0 Å². The molecule has 1 N–H and O–H groups in total. The van der Waals surface area contributed by atoms with Gasteiger partial charge in [-0.25, -0.2) is 0 Å². The number of piperidine rings is 1. The summed E-state index contributed by atoms with van der Waals surface area (Å²) in [4.78, 5) is 0. The van der Waals surface area contributed by atoms with Gasteiger partial charge >= 0.3 is 0 Å². The Kier molecular flexibility index (Phi) is 3.21. The first kappa shape index (κ1) is 11.0. The maximum Gasteiger partial charge on any atom is 0.0687 e. The van der Waals surface area contributed by atoms with Crippen LogP contribution >= 0.6 is 0 Å². The predicted octanol–water partition coefficient (Wildman–Crippen LogP) is 2.87. The van der Waals surface area contributed by atoms with Crippen molar-refractivity contribution in [3.63, 3.8) is 0 Å². The van der Waals surface area contributed by atoms with Crippen molar-refractivity contribution >= 4 is 0 Å². The highest BCUT2D eigenvalue weighted by Gasteiger charge is 2.42. The van der Waals surface area contributed by atoms with Crippen molar-refractivity contribution in [2.45, 2.75) is 69.5 Å². The number of nitrogens with one attached hydrogen (secondary N) is 1. The van der Waals surface area contributed by atoms with E-state index in [2.05, 4.69) is 5.32 Å². The van der Waals surface area contributed by atoms with E-state index in [0.717, 1.165) is 5.92 Å². The molecule has 1 spiro atoms. The van der Waals surface area contributed by atoms with Gasteiger partial charge in [-0.3, -0.25) is 0 Å². The zero-order valence-corrected chi connectivity index (χ0v) is 10.3. The van der Waals surface area contributed by atoms with E-state index >= 15 is 0 Å². The van der Waals surface area contributed by atoms with Crippen molar-refractivity contribution < 1.29 is 4.74 Å². The lowest BCUT2D eigenvalue weighted by atomic mass is 9.92. The van der Waals surface area contributed by atoms with E-state index in [9.17, 15) is 0 Å². The largest absolute Gasteiger partial charge is 0.372 e. The Balaban J connectivity index is 1.49. The van der Waals surface area contributed by atoms with Crippen LogP contribution in [0.4, 0.5) is 0 Å². The lowest BCUT2D eigenvalue weighted by molar-refractivity contribution is -0.0451. The molecule has 0 aromatic heterocycles. The van der Waals surface area contributed by atoms with Gasteiger partial charge < -0.3 is 10.1 Å². The molecule has 0 amide bonds. The van der Waals surface area contributed by atoms with Crippen molar-refractivity contribution in [2.75, 3.05) is 13.1 Å². The first-order valence-corrected chi connectivity index (χ1v) is 7.25. The van der Waals surface area contributed by atoms with Gasteiger partial charge in [0.1, 0.15) is 0 Å². The zero-order valence-electron chi connectivity index (χ0n) is 10.3. The van der Waals surface area contributed by atoms with Gasteiger partial charge in [-0.05, 0) is 64.0 Å². The van der Waals surface area contributed by atoms with E-state index in [4.69, 9.17) is 4.74 Å². The third kappa shape index (κ3) is 2.28. The highest BCUT2D eigenvalue weighted by atomic mass is 16.5. The summed E-state index contributed by atoms with van der Waals surface area (Å²) in [6.07, 6.45) is 12.8. The molecule has 1 saturated carbocycles. The smallest absolute Gasteiger partial charge is 0.0687 e. The van der Waals surface area contributed by atoms with E-state index < -0.39 is 0 Å². The minimum atomic E-state index is 0.340. The van der Waals surface area contributed by atoms with Crippen LogP contribution in [-0.2, 0) is 4.74 Å². The van der Waals surface area contributed by atoms with Crippen molar-refractivity contribution in [3.05, 3.63) is 0 Å². The molecule has 0 aromatic carbocycles. The SMILES string of the molecule is C1CNCC(CC2CCC3(CCCC3)O2)C1. The number of ether oxygens (including phenoxy) is 1. The third-order valence-electron chi connectivity index (χ3n) is 4.85. The fourth-order valence-corrected chi connectivity index (χ4v) is 3.95. The fourth-order valence-electron chi connectivity index (χ4n) is 3.95. The molecule has 2 unspecified atom stereocenters. The van der Waals surface area contributed by atoms with Gasteiger partial charge in [0.15, 0.2) is 0 Å². The van der Waals surface area contributed by atoms with Crippen LogP contribution in [0.2, 0.25) is 0 Å². The van der Waals surface area contributed by atoms with Crippen LogP contribution in [0.25, 0.3) is 0 Å². The molecule has 2 aliphatic heterocycles. The summed E-state index contributed by atoms with van der Waals surface area (Å²) in [5.74, 6) is 0.885. The molecule has 92 valence electrons. The molecule has 1 aliphatic carbocycles. The minimum Gasteiger partial charge on any atom is -0.372 e. The summed E-state index contributed by atoms with van der Waals surface area (Å²) >= 11 is 0. The molecule has 0 radical (unpaired) electrons. The second-order valence-corrected chi connectivity index (χ2v) is 6.12. The molecule has 0 bridgehead atoms. The molecule has 3 fully saturated rings. The maximum absolute atomic E-state index is 6.38. The Morgan fingerprint density at radius 2 is 1.94 bits per heavy atom. The number of hydrogen-bond donors (Lipinski definition) is 1. The summed E-state index contributed by atoms with van der Waals surface area (Å²) < 4.78 is 6.38. The van der Waals surface area contributed by atoms with E-state index in [0.29, 0.717) is 11.7 Å². The monoisotopic (exact) mass is 223 g/mol. The minimum absolute atomic E-state index is 0.340. The Labute approximate surface area is 99.1 Å². The molecule has 2 saturated heterocycles. The van der Waals surface area contributed by atoms with Gasteiger partial charge in [0, 0.05) is 0 Å². The molecule has 16 heavy (non-hydrogen) atoms. The molecule has 2 atom stereocenters. The van der Waals surface area contributed by atoms with Gasteiger partial charge in [0.05, 0.1) is 11.7 Å². The molecular weight excluding hydrogens is 198 g/mol. The second kappa shape index (κ2) is 4.66. The van der Waals surface area contributed by atoms with Crippen molar-refractivity contribution in [3.8, 4) is 0 Å². The van der Waals surface area contributed by atoms with E-state index in [1.807, 2.05) is 0 Å². The Morgan fingerprint density at radius 1 is 1.06 bits per heavy atom. The fraction of sp³-hybridized carbons (Fsp3) is 1.00. The van der Waals surface area contributed by atoms with Gasteiger partial charge in [-0.15, -0.1) is 0 Å². The lowest BCUT2D eigenvalue weighted by Crippen LogP contribution is -2.32. The standard InChI is InChI=1S/C14H25NO/c1-2-7-14(6-1)8-5-13(16-14)10-12-4-3-9-15-11-12/h12-13,15H,1-11H2. The van der Waals surface area contributed by atoms with E-state index in [1.54, 1.807) is 0 Å². The topological polar surface area (TPSA) is 21.3 Å². The molecular formula is C14H25NO. The average Bonchev–Trinajstić information content (AvgIpc) is 2.92. The first-order valence-electron chi connectivity index (χ1n) is 7.25. The quantitative estimate of drug-likeness (QED) is 0.777. The maximum atomic E-state index is 6.38. The predicted molar refractivity (Wildman–Crippen MR) is 65.5 cm³/mol. The molecule has 2 heterocycles. The second-order valence-electron chi connectivity index (χ2n) is 6.12. The Bertz CT molecular complexity index is 229. The molecule has 2 nitrogen and oxygen atoms in total. The van der Waals surface area contributed by atoms with E-state index in [1.165, 1.54) is 70.9 Å². The molecule has 0 aromatic rings. The first-order chi connectivity index (χ1) is 7.86. The van der Waals surface area contributed by atoms with Gasteiger partial charge in [-0.1, -0.05) is 12.8 Å². The summed E-state index contributed by atoms with van der Waals surface area (Å²) in [5, 5.41) is 3.51. The van der Waals surface area contributed by atoms with Crippen molar-refractivity contribution in [1.29, 1.82) is 0 Å². The van der Waals surface area contributed by atoms with Crippen LogP contribution in [0, 0.1) is 5.92 Å². The molecule has 3 rings (SSSR count). The highest BCUT2D eigenvalue weighted by molar-refractivity contribution is 4.93. The van der Waals surface area contributed by atoms with Crippen molar-refractivity contribution in [1.82, 2.24) is 5.32 Å². The van der Waals surface area contributed by atoms with Crippen LogP contribution in [0.3, 0.4) is 0 Å². The van der Waals surface area contributed by atoms with Gasteiger partial charge in [0.2, 0.25) is 0 Å². The summed E-state index contributed by atoms with van der Waals surface area (Å²) in [7, 11) is 0. The average molecular weight is 223 g/mol. The van der Waals surface area contributed by atoms with Crippen molar-refractivity contribution in [2.24, 2.45) is 5.92 Å². The Morgan fingerprint density at radius 3 is 2.69 bits per heavy atom. The van der Waals surface area contributed by atoms with Crippen LogP contribution in [0.5, 0.6) is 0 Å². The van der Waals surface area contributed by atoms with Gasteiger partial charge in [0.25, 0.3) is 0 Å². The lowest BCUT2D eigenvalue weighted by Gasteiger charge is -2.28. The number of hydrogen-bond acceptors (Lipinski definition) is 2. The summed E-state index contributed by atoms with van der Waals surface area (Å²) in [6, 6.07) is 0. The van der Waals surface area contributed by atoms with Crippen LogP contribution in [0.1, 0.15) is 57.8 Å². The zero-order chi connectivity index (χ0) is 10.8. The Hall–Kier alpha value is -0.0800.